The Morgan fingerprint density at radius 3 is 2.29 bits per heavy atom. The number of carbonyl (C=O) groups excluding carboxylic acids is 1. The van der Waals surface area contributed by atoms with Crippen molar-refractivity contribution in [1.82, 2.24) is 0 Å². The molecule has 0 amide bonds. The highest BCUT2D eigenvalue weighted by Gasteiger charge is 2.03. The first-order valence-electron chi connectivity index (χ1n) is 3.84. The van der Waals surface area contributed by atoms with Crippen LogP contribution < -0.4 is 0 Å². The van der Waals surface area contributed by atoms with Crippen LogP contribution in [0.25, 0.3) is 6.08 Å². The summed E-state index contributed by atoms with van der Waals surface area (Å²) in [6, 6.07) is 6.76. The van der Waals surface area contributed by atoms with Crippen LogP contribution in [-0.2, 0) is 4.74 Å². The van der Waals surface area contributed by atoms with Gasteiger partial charge in [-0.25, -0.2) is 4.79 Å². The third-order valence-electron chi connectivity index (χ3n) is 1.61. The van der Waals surface area contributed by atoms with Crippen LogP contribution in [-0.4, -0.2) is 13.1 Å². The van der Waals surface area contributed by atoms with Crippen LogP contribution in [0.15, 0.2) is 28.8 Å². The van der Waals surface area contributed by atoms with Gasteiger partial charge in [0.1, 0.15) is 4.49 Å². The first-order chi connectivity index (χ1) is 6.63. The van der Waals surface area contributed by atoms with Gasteiger partial charge in [0.05, 0.1) is 12.7 Å². The summed E-state index contributed by atoms with van der Waals surface area (Å²) in [5, 5.41) is 0. The normalized spacial score (nSPS) is 9.36. The molecule has 0 aromatic heterocycles. The lowest BCUT2D eigenvalue weighted by Crippen LogP contribution is -2.00. The van der Waals surface area contributed by atoms with Crippen LogP contribution >= 0.6 is 23.2 Å². The number of hydrogen-bond donors (Lipinski definition) is 0. The van der Waals surface area contributed by atoms with Crippen molar-refractivity contribution in [3.63, 3.8) is 0 Å². The van der Waals surface area contributed by atoms with E-state index >= 15 is 0 Å². The zero-order valence-electron chi connectivity index (χ0n) is 7.46. The summed E-state index contributed by atoms with van der Waals surface area (Å²) in [5.74, 6) is -0.363. The Morgan fingerprint density at radius 1 is 1.29 bits per heavy atom. The average Bonchev–Trinajstić information content (AvgIpc) is 2.17. The second kappa shape index (κ2) is 5.03. The van der Waals surface area contributed by atoms with Gasteiger partial charge in [0, 0.05) is 0 Å². The highest BCUT2D eigenvalue weighted by molar-refractivity contribution is 6.57. The Hall–Kier alpha value is -0.990. The minimum absolute atomic E-state index is 0.177. The average molecular weight is 231 g/mol. The highest BCUT2D eigenvalue weighted by Crippen LogP contribution is 2.14. The molecule has 0 radical (unpaired) electrons. The second-order valence-corrected chi connectivity index (χ2v) is 3.56. The summed E-state index contributed by atoms with van der Waals surface area (Å²) >= 11 is 11.0. The van der Waals surface area contributed by atoms with Crippen molar-refractivity contribution in [3.8, 4) is 0 Å². The van der Waals surface area contributed by atoms with Crippen molar-refractivity contribution in [2.45, 2.75) is 0 Å². The van der Waals surface area contributed by atoms with E-state index in [9.17, 15) is 4.79 Å². The summed E-state index contributed by atoms with van der Waals surface area (Å²) in [7, 11) is 1.34. The molecule has 0 bridgehead atoms. The van der Waals surface area contributed by atoms with Gasteiger partial charge in [-0.3, -0.25) is 0 Å². The van der Waals surface area contributed by atoms with Crippen molar-refractivity contribution < 1.29 is 9.53 Å². The number of benzene rings is 1. The van der Waals surface area contributed by atoms with Crippen molar-refractivity contribution in [2.75, 3.05) is 7.11 Å². The summed E-state index contributed by atoms with van der Waals surface area (Å²) in [6.45, 7) is 0. The molecule has 0 unspecified atom stereocenters. The highest BCUT2D eigenvalue weighted by atomic mass is 35.5. The number of esters is 1. The fraction of sp³-hybridized carbons (Fsp3) is 0.100. The van der Waals surface area contributed by atoms with Gasteiger partial charge in [-0.05, 0) is 23.8 Å². The van der Waals surface area contributed by atoms with E-state index in [1.165, 1.54) is 7.11 Å². The van der Waals surface area contributed by atoms with E-state index in [0.717, 1.165) is 5.56 Å². The van der Waals surface area contributed by atoms with Crippen molar-refractivity contribution >= 4 is 35.2 Å². The van der Waals surface area contributed by atoms with Gasteiger partial charge in [0.2, 0.25) is 0 Å². The molecule has 0 heterocycles. The number of ether oxygens (including phenoxy) is 1. The Bertz CT molecular complexity index is 351. The van der Waals surface area contributed by atoms with Crippen molar-refractivity contribution in [3.05, 3.63) is 39.9 Å². The molecule has 1 aromatic carbocycles. The van der Waals surface area contributed by atoms with Gasteiger partial charge in [-0.2, -0.15) is 0 Å². The van der Waals surface area contributed by atoms with E-state index in [2.05, 4.69) is 4.74 Å². The van der Waals surface area contributed by atoms with E-state index in [0.29, 0.717) is 5.56 Å². The van der Waals surface area contributed by atoms with E-state index in [4.69, 9.17) is 23.2 Å². The van der Waals surface area contributed by atoms with E-state index in [1.54, 1.807) is 30.3 Å². The van der Waals surface area contributed by atoms with Crippen LogP contribution in [0.5, 0.6) is 0 Å². The summed E-state index contributed by atoms with van der Waals surface area (Å²) < 4.78 is 4.73. The third-order valence-corrected chi connectivity index (χ3v) is 1.83. The number of hydrogen-bond acceptors (Lipinski definition) is 2. The largest absolute Gasteiger partial charge is 0.465 e. The van der Waals surface area contributed by atoms with Gasteiger partial charge >= 0.3 is 5.97 Å². The van der Waals surface area contributed by atoms with Crippen LogP contribution in [0.1, 0.15) is 15.9 Å². The molecular formula is C10H8Cl2O2. The Kier molecular flexibility index (Phi) is 3.98. The summed E-state index contributed by atoms with van der Waals surface area (Å²) in [5.41, 5.74) is 1.33. The summed E-state index contributed by atoms with van der Waals surface area (Å²) in [4.78, 5) is 11.1. The minimum atomic E-state index is -0.363. The zero-order valence-corrected chi connectivity index (χ0v) is 8.97. The van der Waals surface area contributed by atoms with Gasteiger partial charge in [-0.15, -0.1) is 0 Å². The predicted molar refractivity (Wildman–Crippen MR) is 57.5 cm³/mol. The SMILES string of the molecule is COC(=O)c1ccc(C=C(Cl)Cl)cc1. The fourth-order valence-corrected chi connectivity index (χ4v) is 1.21. The lowest BCUT2D eigenvalue weighted by atomic mass is 10.1. The third kappa shape index (κ3) is 3.05. The van der Waals surface area contributed by atoms with Gasteiger partial charge in [0.25, 0.3) is 0 Å². The number of rotatable bonds is 2. The topological polar surface area (TPSA) is 26.3 Å². The molecule has 4 heteroatoms. The molecule has 1 aromatic rings. The Balaban J connectivity index is 2.89. The summed E-state index contributed by atoms with van der Waals surface area (Å²) in [6.07, 6.45) is 1.59. The fourth-order valence-electron chi connectivity index (χ4n) is 0.959. The molecule has 0 aliphatic rings. The molecule has 1 rings (SSSR count). The first kappa shape index (κ1) is 11.1. The second-order valence-electron chi connectivity index (χ2n) is 2.55. The molecule has 74 valence electrons. The Morgan fingerprint density at radius 2 is 1.86 bits per heavy atom. The number of carbonyl (C=O) groups is 1. The maximum absolute atomic E-state index is 11.1. The lowest BCUT2D eigenvalue weighted by Gasteiger charge is -1.99. The molecule has 0 saturated heterocycles. The smallest absolute Gasteiger partial charge is 0.337 e. The van der Waals surface area contributed by atoms with Crippen LogP contribution in [0.4, 0.5) is 0 Å². The maximum atomic E-state index is 11.1. The molecule has 2 nitrogen and oxygen atoms in total. The van der Waals surface area contributed by atoms with Crippen LogP contribution in [0, 0.1) is 0 Å². The van der Waals surface area contributed by atoms with E-state index in [1.807, 2.05) is 0 Å². The minimum Gasteiger partial charge on any atom is -0.465 e. The first-order valence-corrected chi connectivity index (χ1v) is 4.60. The monoisotopic (exact) mass is 230 g/mol. The maximum Gasteiger partial charge on any atom is 0.337 e. The molecule has 0 atom stereocenters. The van der Waals surface area contributed by atoms with Crippen LogP contribution in [0.3, 0.4) is 0 Å². The van der Waals surface area contributed by atoms with Gasteiger partial charge in [-0.1, -0.05) is 35.3 Å². The van der Waals surface area contributed by atoms with Gasteiger partial charge < -0.3 is 4.74 Å². The van der Waals surface area contributed by atoms with E-state index in [-0.39, 0.29) is 10.5 Å². The van der Waals surface area contributed by atoms with Crippen molar-refractivity contribution in [1.29, 1.82) is 0 Å². The standard InChI is InChI=1S/C10H8Cl2O2/c1-14-10(13)8-4-2-7(3-5-8)6-9(11)12/h2-6H,1H3. The number of methoxy groups -OCH3 is 1. The molecule has 0 saturated carbocycles. The molecule has 14 heavy (non-hydrogen) atoms. The Labute approximate surface area is 92.1 Å². The van der Waals surface area contributed by atoms with Crippen LogP contribution in [0.2, 0.25) is 0 Å². The number of halogens is 2. The predicted octanol–water partition coefficient (Wildman–Crippen LogP) is 3.25. The molecule has 0 N–H and O–H groups in total. The molecule has 0 fully saturated rings. The molecular weight excluding hydrogens is 223 g/mol. The lowest BCUT2D eigenvalue weighted by molar-refractivity contribution is 0.0601. The quantitative estimate of drug-likeness (QED) is 0.730. The molecule has 0 aliphatic heterocycles. The van der Waals surface area contributed by atoms with E-state index < -0.39 is 0 Å². The van der Waals surface area contributed by atoms with Crippen molar-refractivity contribution in [2.24, 2.45) is 0 Å². The zero-order chi connectivity index (χ0) is 10.6. The molecule has 0 spiro atoms. The molecule has 0 aliphatic carbocycles. The van der Waals surface area contributed by atoms with Gasteiger partial charge in [0.15, 0.2) is 0 Å².